The minimum atomic E-state index is -0.327. The average Bonchev–Trinajstić information content (AvgIpc) is 2.92. The van der Waals surface area contributed by atoms with Gasteiger partial charge >= 0.3 is 0 Å². The largest absolute Gasteiger partial charge is 0.497 e. The summed E-state index contributed by atoms with van der Waals surface area (Å²) in [4.78, 5) is 29.4. The molecule has 0 aliphatic heterocycles. The van der Waals surface area contributed by atoms with Gasteiger partial charge in [0.15, 0.2) is 18.1 Å². The molecule has 8 nitrogen and oxygen atoms in total. The number of nitrogens with one attached hydrogen (secondary N) is 2. The maximum atomic E-state index is 12.7. The fraction of sp³-hybridized carbons (Fsp3) is 0.179. The minimum absolute atomic E-state index is 0.215. The number of hydrogen-bond donors (Lipinski definition) is 2. The molecule has 0 unspecified atom stereocenters. The zero-order valence-electron chi connectivity index (χ0n) is 20.1. The average molecular weight is 486 g/mol. The molecule has 4 aromatic rings. The van der Waals surface area contributed by atoms with E-state index in [0.29, 0.717) is 41.5 Å². The van der Waals surface area contributed by atoms with Crippen molar-refractivity contribution in [3.05, 3.63) is 90.1 Å². The first-order chi connectivity index (χ1) is 17.6. The number of para-hydroxylation sites is 1. The van der Waals surface area contributed by atoms with Gasteiger partial charge in [0.25, 0.3) is 11.8 Å². The molecule has 0 aliphatic rings. The molecule has 8 heteroatoms. The summed E-state index contributed by atoms with van der Waals surface area (Å²) in [5.41, 5.74) is 3.07. The molecule has 184 valence electrons. The Bertz CT molecular complexity index is 1350. The van der Waals surface area contributed by atoms with Crippen molar-refractivity contribution in [2.24, 2.45) is 0 Å². The zero-order chi connectivity index (χ0) is 25.3. The summed E-state index contributed by atoms with van der Waals surface area (Å²) in [6.45, 7) is 0.244. The second-order valence-corrected chi connectivity index (χ2v) is 7.93. The summed E-state index contributed by atoms with van der Waals surface area (Å²) in [7, 11) is 3.06. The number of carbonyl (C=O) groups is 2. The van der Waals surface area contributed by atoms with Crippen LogP contribution in [0.4, 0.5) is 5.69 Å². The van der Waals surface area contributed by atoms with Crippen molar-refractivity contribution in [2.45, 2.75) is 6.42 Å². The number of benzene rings is 3. The van der Waals surface area contributed by atoms with Gasteiger partial charge in [-0.15, -0.1) is 0 Å². The molecule has 0 spiro atoms. The lowest BCUT2D eigenvalue weighted by molar-refractivity contribution is -0.118. The second kappa shape index (κ2) is 11.7. The quantitative estimate of drug-likeness (QED) is 0.349. The number of fused-ring (bicyclic) bond motifs is 1. The van der Waals surface area contributed by atoms with Crippen LogP contribution in [0.3, 0.4) is 0 Å². The van der Waals surface area contributed by atoms with E-state index >= 15 is 0 Å². The molecule has 1 aromatic heterocycles. The maximum Gasteiger partial charge on any atom is 0.262 e. The molecule has 0 radical (unpaired) electrons. The lowest BCUT2D eigenvalue weighted by Crippen LogP contribution is -2.26. The van der Waals surface area contributed by atoms with Crippen molar-refractivity contribution in [1.82, 2.24) is 10.3 Å². The lowest BCUT2D eigenvalue weighted by atomic mass is 10.1. The van der Waals surface area contributed by atoms with Crippen LogP contribution in [0.2, 0.25) is 0 Å². The van der Waals surface area contributed by atoms with E-state index in [-0.39, 0.29) is 18.4 Å². The van der Waals surface area contributed by atoms with Gasteiger partial charge < -0.3 is 24.8 Å². The van der Waals surface area contributed by atoms with Gasteiger partial charge in [0.2, 0.25) is 0 Å². The Hall–Kier alpha value is -4.59. The van der Waals surface area contributed by atoms with E-state index in [2.05, 4.69) is 15.6 Å². The van der Waals surface area contributed by atoms with Crippen molar-refractivity contribution in [3.8, 4) is 17.2 Å². The molecule has 0 fully saturated rings. The number of methoxy groups -OCH3 is 2. The number of amides is 2. The van der Waals surface area contributed by atoms with Crippen LogP contribution in [0.5, 0.6) is 17.2 Å². The zero-order valence-corrected chi connectivity index (χ0v) is 20.1. The van der Waals surface area contributed by atoms with Crippen LogP contribution >= 0.6 is 0 Å². The number of rotatable bonds is 10. The van der Waals surface area contributed by atoms with Crippen molar-refractivity contribution in [2.75, 3.05) is 32.7 Å². The minimum Gasteiger partial charge on any atom is -0.497 e. The number of aromatic nitrogens is 1. The van der Waals surface area contributed by atoms with E-state index in [1.807, 2.05) is 30.3 Å². The van der Waals surface area contributed by atoms with Crippen LogP contribution < -0.4 is 24.8 Å². The van der Waals surface area contributed by atoms with Gasteiger partial charge in [-0.3, -0.25) is 14.6 Å². The number of nitrogens with zero attached hydrogens (tertiary/aromatic N) is 1. The van der Waals surface area contributed by atoms with E-state index in [4.69, 9.17) is 14.2 Å². The third kappa shape index (κ3) is 6.09. The topological polar surface area (TPSA) is 98.8 Å². The molecular weight excluding hydrogens is 458 g/mol. The monoisotopic (exact) mass is 485 g/mol. The summed E-state index contributed by atoms with van der Waals surface area (Å²) in [5, 5.41) is 6.75. The summed E-state index contributed by atoms with van der Waals surface area (Å²) in [6.07, 6.45) is 2.42. The Balaban J connectivity index is 1.31. The highest BCUT2D eigenvalue weighted by atomic mass is 16.5. The van der Waals surface area contributed by atoms with Crippen LogP contribution in [0, 0.1) is 0 Å². The van der Waals surface area contributed by atoms with Crippen molar-refractivity contribution in [1.29, 1.82) is 0 Å². The SMILES string of the molecule is COc1ccc(NC(=O)COc2ccc(C(=O)NCCc3cccc4cccnc34)cc2OC)cc1. The number of carbonyl (C=O) groups excluding carboxylic acids is 2. The summed E-state index contributed by atoms with van der Waals surface area (Å²) < 4.78 is 16.1. The standard InChI is InChI=1S/C28H27N3O5/c1-34-23-11-9-22(10-12-23)31-26(32)18-36-24-13-8-21(17-25(24)35-2)28(33)30-16-14-20-6-3-5-19-7-4-15-29-27(19)20/h3-13,15,17H,14,16,18H2,1-2H3,(H,30,33)(H,31,32). The smallest absolute Gasteiger partial charge is 0.262 e. The van der Waals surface area contributed by atoms with Crippen LogP contribution in [0.1, 0.15) is 15.9 Å². The number of pyridine rings is 1. The molecule has 1 heterocycles. The van der Waals surface area contributed by atoms with Crippen LogP contribution in [-0.2, 0) is 11.2 Å². The van der Waals surface area contributed by atoms with Gasteiger partial charge in [-0.2, -0.15) is 0 Å². The number of anilines is 1. The molecule has 0 atom stereocenters. The Morgan fingerprint density at radius 2 is 1.69 bits per heavy atom. The lowest BCUT2D eigenvalue weighted by Gasteiger charge is -2.13. The summed E-state index contributed by atoms with van der Waals surface area (Å²) in [6, 6.07) is 21.8. The second-order valence-electron chi connectivity index (χ2n) is 7.93. The van der Waals surface area contributed by atoms with Crippen molar-refractivity contribution >= 4 is 28.4 Å². The van der Waals surface area contributed by atoms with Crippen LogP contribution in [-0.4, -0.2) is 44.2 Å². The molecular formula is C28H27N3O5. The highest BCUT2D eigenvalue weighted by Crippen LogP contribution is 2.28. The Labute approximate surface area is 209 Å². The van der Waals surface area contributed by atoms with E-state index in [1.54, 1.807) is 55.8 Å². The first kappa shape index (κ1) is 24.5. The van der Waals surface area contributed by atoms with Crippen LogP contribution in [0.15, 0.2) is 79.0 Å². The third-order valence-electron chi connectivity index (χ3n) is 5.55. The Kier molecular flexibility index (Phi) is 7.97. The van der Waals surface area contributed by atoms with Crippen molar-refractivity contribution < 1.29 is 23.8 Å². The van der Waals surface area contributed by atoms with Gasteiger partial charge in [-0.25, -0.2) is 0 Å². The fourth-order valence-electron chi connectivity index (χ4n) is 3.72. The number of ether oxygens (including phenoxy) is 3. The Morgan fingerprint density at radius 3 is 2.47 bits per heavy atom. The maximum absolute atomic E-state index is 12.7. The molecule has 0 aliphatic carbocycles. The fourth-order valence-corrected chi connectivity index (χ4v) is 3.72. The first-order valence-electron chi connectivity index (χ1n) is 11.4. The van der Waals surface area contributed by atoms with Crippen molar-refractivity contribution in [3.63, 3.8) is 0 Å². The van der Waals surface area contributed by atoms with Crippen LogP contribution in [0.25, 0.3) is 10.9 Å². The summed E-state index contributed by atoms with van der Waals surface area (Å²) in [5.74, 6) is 0.861. The highest BCUT2D eigenvalue weighted by molar-refractivity contribution is 5.95. The predicted molar refractivity (Wildman–Crippen MR) is 138 cm³/mol. The summed E-state index contributed by atoms with van der Waals surface area (Å²) >= 11 is 0. The molecule has 0 saturated carbocycles. The predicted octanol–water partition coefficient (Wildman–Crippen LogP) is 4.24. The van der Waals surface area contributed by atoms with E-state index in [0.717, 1.165) is 16.5 Å². The molecule has 2 amide bonds. The normalized spacial score (nSPS) is 10.5. The van der Waals surface area contributed by atoms with Gasteiger partial charge in [-0.1, -0.05) is 24.3 Å². The molecule has 2 N–H and O–H groups in total. The van der Waals surface area contributed by atoms with E-state index < -0.39 is 0 Å². The van der Waals surface area contributed by atoms with Gasteiger partial charge in [0, 0.05) is 29.4 Å². The van der Waals surface area contributed by atoms with E-state index in [9.17, 15) is 9.59 Å². The third-order valence-corrected chi connectivity index (χ3v) is 5.55. The van der Waals surface area contributed by atoms with Gasteiger partial charge in [0.1, 0.15) is 5.75 Å². The Morgan fingerprint density at radius 1 is 0.889 bits per heavy atom. The molecule has 0 saturated heterocycles. The highest BCUT2D eigenvalue weighted by Gasteiger charge is 2.13. The molecule has 3 aromatic carbocycles. The van der Waals surface area contributed by atoms with Gasteiger partial charge in [0.05, 0.1) is 19.7 Å². The van der Waals surface area contributed by atoms with Gasteiger partial charge in [-0.05, 0) is 60.5 Å². The molecule has 0 bridgehead atoms. The molecule has 36 heavy (non-hydrogen) atoms. The van der Waals surface area contributed by atoms with E-state index in [1.165, 1.54) is 7.11 Å². The molecule has 4 rings (SSSR count). The number of hydrogen-bond acceptors (Lipinski definition) is 6. The first-order valence-corrected chi connectivity index (χ1v) is 11.4.